The maximum atomic E-state index is 11.6. The molecule has 110 valence electrons. The first kappa shape index (κ1) is 15.9. The minimum absolute atomic E-state index is 0.315. The molecule has 0 spiro atoms. The largest absolute Gasteiger partial charge is 0.381 e. The molecule has 1 aliphatic rings. The Morgan fingerprint density at radius 2 is 2.11 bits per heavy atom. The Bertz CT molecular complexity index is 293. The van der Waals surface area contributed by atoms with Crippen LogP contribution in [0.15, 0.2) is 0 Å². The number of hydrogen-bond donors (Lipinski definition) is 3. The van der Waals surface area contributed by atoms with Gasteiger partial charge in [0.2, 0.25) is 5.91 Å². The summed E-state index contributed by atoms with van der Waals surface area (Å²) in [5.74, 6) is 0.472. The van der Waals surface area contributed by atoms with E-state index in [1.807, 2.05) is 0 Å². The molecule has 1 aliphatic carbocycles. The fraction of sp³-hybridized carbons (Fsp3) is 0.846. The van der Waals surface area contributed by atoms with Crippen LogP contribution in [0, 0.1) is 5.92 Å². The van der Waals surface area contributed by atoms with E-state index in [9.17, 15) is 9.59 Å². The molecule has 19 heavy (non-hydrogen) atoms. The molecule has 1 saturated carbocycles. The summed E-state index contributed by atoms with van der Waals surface area (Å²) in [7, 11) is 0. The van der Waals surface area contributed by atoms with Gasteiger partial charge in [-0.2, -0.15) is 0 Å². The Labute approximate surface area is 114 Å². The molecule has 0 bridgehead atoms. The van der Waals surface area contributed by atoms with Gasteiger partial charge in [-0.25, -0.2) is 4.79 Å². The number of carbonyl (C=O) groups excluding carboxylic acids is 2. The minimum atomic E-state index is -0.450. The summed E-state index contributed by atoms with van der Waals surface area (Å²) < 4.78 is 5.49. The lowest BCUT2D eigenvalue weighted by atomic mass is 10.3. The molecule has 0 radical (unpaired) electrons. The summed E-state index contributed by atoms with van der Waals surface area (Å²) in [6.45, 7) is 6.32. The molecular formula is C13H25N3O3. The minimum Gasteiger partial charge on any atom is -0.381 e. The zero-order valence-electron chi connectivity index (χ0n) is 11.8. The van der Waals surface area contributed by atoms with Crippen LogP contribution in [0.3, 0.4) is 0 Å². The Morgan fingerprint density at radius 1 is 1.37 bits per heavy atom. The van der Waals surface area contributed by atoms with Crippen molar-refractivity contribution >= 4 is 11.9 Å². The highest BCUT2D eigenvalue weighted by Gasteiger charge is 2.20. The van der Waals surface area contributed by atoms with Crippen LogP contribution < -0.4 is 16.0 Å². The summed E-state index contributed by atoms with van der Waals surface area (Å²) >= 11 is 0. The van der Waals surface area contributed by atoms with Crippen LogP contribution >= 0.6 is 0 Å². The third-order valence-electron chi connectivity index (χ3n) is 2.93. The van der Waals surface area contributed by atoms with Crippen molar-refractivity contribution in [1.82, 2.24) is 16.0 Å². The lowest BCUT2D eigenvalue weighted by molar-refractivity contribution is -0.121. The topological polar surface area (TPSA) is 79.5 Å². The number of ether oxygens (including phenoxy) is 1. The van der Waals surface area contributed by atoms with Crippen molar-refractivity contribution in [3.8, 4) is 0 Å². The molecular weight excluding hydrogens is 246 g/mol. The number of rotatable bonds is 9. The summed E-state index contributed by atoms with van der Waals surface area (Å²) in [5.41, 5.74) is 0. The molecule has 0 aromatic heterocycles. The number of carbonyl (C=O) groups is 2. The van der Waals surface area contributed by atoms with E-state index in [2.05, 4.69) is 16.0 Å². The second kappa shape index (κ2) is 8.87. The van der Waals surface area contributed by atoms with Crippen molar-refractivity contribution in [3.05, 3.63) is 0 Å². The molecule has 1 atom stereocenters. The van der Waals surface area contributed by atoms with Crippen molar-refractivity contribution in [1.29, 1.82) is 0 Å². The zero-order chi connectivity index (χ0) is 14.1. The van der Waals surface area contributed by atoms with Gasteiger partial charge in [0.25, 0.3) is 0 Å². The van der Waals surface area contributed by atoms with E-state index in [1.54, 1.807) is 13.8 Å². The van der Waals surface area contributed by atoms with E-state index in [0.29, 0.717) is 19.7 Å². The van der Waals surface area contributed by atoms with E-state index in [-0.39, 0.29) is 11.9 Å². The molecule has 1 rings (SSSR count). The van der Waals surface area contributed by atoms with Gasteiger partial charge in [-0.05, 0) is 45.6 Å². The number of amides is 3. The van der Waals surface area contributed by atoms with Gasteiger partial charge in [-0.3, -0.25) is 10.1 Å². The molecule has 3 amide bonds. The van der Waals surface area contributed by atoms with E-state index >= 15 is 0 Å². The van der Waals surface area contributed by atoms with Gasteiger partial charge < -0.3 is 15.4 Å². The highest BCUT2D eigenvalue weighted by molar-refractivity contribution is 5.96. The van der Waals surface area contributed by atoms with Gasteiger partial charge >= 0.3 is 6.03 Å². The van der Waals surface area contributed by atoms with Gasteiger partial charge in [-0.1, -0.05) is 0 Å². The van der Waals surface area contributed by atoms with E-state index in [4.69, 9.17) is 4.74 Å². The van der Waals surface area contributed by atoms with Gasteiger partial charge in [0.05, 0.1) is 6.04 Å². The zero-order valence-corrected chi connectivity index (χ0v) is 11.8. The van der Waals surface area contributed by atoms with Gasteiger partial charge in [0.1, 0.15) is 0 Å². The lowest BCUT2D eigenvalue weighted by Crippen LogP contribution is -2.48. The fourth-order valence-electron chi connectivity index (χ4n) is 1.54. The lowest BCUT2D eigenvalue weighted by Gasteiger charge is -2.13. The second-order valence-corrected chi connectivity index (χ2v) is 4.90. The summed E-state index contributed by atoms with van der Waals surface area (Å²) in [6, 6.07) is -0.833. The molecule has 1 fully saturated rings. The molecule has 1 unspecified atom stereocenters. The first-order chi connectivity index (χ1) is 9.13. The average Bonchev–Trinajstić information content (AvgIpc) is 3.17. The number of nitrogens with one attached hydrogen (secondary N) is 3. The third kappa shape index (κ3) is 7.79. The maximum Gasteiger partial charge on any atom is 0.321 e. The van der Waals surface area contributed by atoms with Crippen LogP contribution in [0.5, 0.6) is 0 Å². The normalized spacial score (nSPS) is 15.9. The predicted octanol–water partition coefficient (Wildman–Crippen LogP) is 0.627. The number of hydrogen-bond acceptors (Lipinski definition) is 4. The first-order valence-corrected chi connectivity index (χ1v) is 7.03. The number of imide groups is 1. The molecule has 0 aromatic carbocycles. The van der Waals surface area contributed by atoms with Crippen molar-refractivity contribution < 1.29 is 14.3 Å². The Balaban J connectivity index is 1.97. The number of urea groups is 1. The SMILES string of the molecule is CCNC(=O)NC(=O)C(C)NCCCOCC1CC1. The van der Waals surface area contributed by atoms with Crippen LogP contribution in [0.4, 0.5) is 4.79 Å². The van der Waals surface area contributed by atoms with E-state index in [0.717, 1.165) is 18.9 Å². The van der Waals surface area contributed by atoms with E-state index < -0.39 is 6.03 Å². The molecule has 6 nitrogen and oxygen atoms in total. The van der Waals surface area contributed by atoms with E-state index in [1.165, 1.54) is 12.8 Å². The van der Waals surface area contributed by atoms with Crippen LogP contribution in [-0.4, -0.2) is 44.3 Å². The summed E-state index contributed by atoms with van der Waals surface area (Å²) in [6.07, 6.45) is 3.47. The van der Waals surface area contributed by atoms with Crippen molar-refractivity contribution in [2.75, 3.05) is 26.3 Å². The smallest absolute Gasteiger partial charge is 0.321 e. The van der Waals surface area contributed by atoms with Gasteiger partial charge in [0, 0.05) is 19.8 Å². The molecule has 0 aromatic rings. The Hall–Kier alpha value is -1.14. The Kier molecular flexibility index (Phi) is 7.43. The highest BCUT2D eigenvalue weighted by atomic mass is 16.5. The first-order valence-electron chi connectivity index (χ1n) is 7.03. The second-order valence-electron chi connectivity index (χ2n) is 4.90. The van der Waals surface area contributed by atoms with Crippen molar-refractivity contribution in [2.45, 2.75) is 39.2 Å². The van der Waals surface area contributed by atoms with Crippen LogP contribution in [0.2, 0.25) is 0 Å². The van der Waals surface area contributed by atoms with Gasteiger partial charge in [-0.15, -0.1) is 0 Å². The van der Waals surface area contributed by atoms with Crippen LogP contribution in [0.1, 0.15) is 33.1 Å². The molecule has 0 heterocycles. The molecule has 3 N–H and O–H groups in total. The monoisotopic (exact) mass is 271 g/mol. The average molecular weight is 271 g/mol. The third-order valence-corrected chi connectivity index (χ3v) is 2.93. The Morgan fingerprint density at radius 3 is 2.74 bits per heavy atom. The predicted molar refractivity (Wildman–Crippen MR) is 72.8 cm³/mol. The summed E-state index contributed by atoms with van der Waals surface area (Å²) in [4.78, 5) is 22.7. The fourth-order valence-corrected chi connectivity index (χ4v) is 1.54. The standard InChI is InChI=1S/C13H25N3O3/c1-3-14-13(18)16-12(17)10(2)15-7-4-8-19-9-11-5-6-11/h10-11,15H,3-9H2,1-2H3,(H2,14,16,17,18). The quantitative estimate of drug-likeness (QED) is 0.537. The van der Waals surface area contributed by atoms with Crippen molar-refractivity contribution in [3.63, 3.8) is 0 Å². The van der Waals surface area contributed by atoms with Gasteiger partial charge in [0.15, 0.2) is 0 Å². The maximum absolute atomic E-state index is 11.6. The molecule has 6 heteroatoms. The highest BCUT2D eigenvalue weighted by Crippen LogP contribution is 2.28. The van der Waals surface area contributed by atoms with Crippen molar-refractivity contribution in [2.24, 2.45) is 5.92 Å². The molecule has 0 aliphatic heterocycles. The summed E-state index contributed by atoms with van der Waals surface area (Å²) in [5, 5.41) is 7.85. The van der Waals surface area contributed by atoms with Crippen LogP contribution in [-0.2, 0) is 9.53 Å². The van der Waals surface area contributed by atoms with Crippen LogP contribution in [0.25, 0.3) is 0 Å². The molecule has 0 saturated heterocycles.